The fraction of sp³-hybridized carbons (Fsp3) is 0.438. The van der Waals surface area contributed by atoms with Crippen molar-refractivity contribution in [1.82, 2.24) is 4.57 Å². The zero-order chi connectivity index (χ0) is 16.1. The fourth-order valence-corrected chi connectivity index (χ4v) is 2.68. The van der Waals surface area contributed by atoms with Crippen molar-refractivity contribution in [1.29, 1.82) is 0 Å². The summed E-state index contributed by atoms with van der Waals surface area (Å²) in [6.07, 6.45) is 1.81. The van der Waals surface area contributed by atoms with Crippen molar-refractivity contribution >= 4 is 22.5 Å². The van der Waals surface area contributed by atoms with E-state index in [1.54, 1.807) is 0 Å². The molecule has 1 heterocycles. The molecule has 0 atom stereocenters. The second-order valence-electron chi connectivity index (χ2n) is 6.56. The Hall–Kier alpha value is -1.68. The molecule has 2 aromatic rings. The molecule has 1 aromatic carbocycles. The number of halogens is 1. The molecule has 0 saturated heterocycles. The molecule has 114 valence electrons. The smallest absolute Gasteiger partial charge is 0.194 e. The molecule has 1 aromatic heterocycles. The quantitative estimate of drug-likeness (QED) is 0.784. The summed E-state index contributed by atoms with van der Waals surface area (Å²) in [6, 6.07) is 1.38. The molecule has 0 aliphatic rings. The molecule has 0 unspecified atom stereocenters. The Balaban J connectivity index is 3.11. The maximum atomic E-state index is 12.6. The van der Waals surface area contributed by atoms with E-state index in [0.29, 0.717) is 11.1 Å². The number of hydrogen-bond donors (Lipinski definition) is 2. The Morgan fingerprint density at radius 3 is 2.29 bits per heavy atom. The first-order valence-electron chi connectivity index (χ1n) is 6.86. The third-order valence-corrected chi connectivity index (χ3v) is 3.93. The minimum atomic E-state index is -0.456. The Kier molecular flexibility index (Phi) is 3.70. The van der Waals surface area contributed by atoms with E-state index in [9.17, 15) is 15.0 Å². The summed E-state index contributed by atoms with van der Waals surface area (Å²) >= 11 is 6.11. The van der Waals surface area contributed by atoms with Gasteiger partial charge in [0.2, 0.25) is 0 Å². The van der Waals surface area contributed by atoms with Gasteiger partial charge in [0, 0.05) is 23.4 Å². The summed E-state index contributed by atoms with van der Waals surface area (Å²) in [4.78, 5) is 12.6. The fourth-order valence-electron chi connectivity index (χ4n) is 2.40. The predicted octanol–water partition coefficient (Wildman–Crippen LogP) is 3.94. The van der Waals surface area contributed by atoms with Crippen molar-refractivity contribution in [2.75, 3.05) is 0 Å². The van der Waals surface area contributed by atoms with Crippen LogP contribution in [-0.2, 0) is 5.54 Å². The highest BCUT2D eigenvalue weighted by molar-refractivity contribution is 6.37. The summed E-state index contributed by atoms with van der Waals surface area (Å²) in [5.41, 5.74) is 0.630. The van der Waals surface area contributed by atoms with Gasteiger partial charge >= 0.3 is 0 Å². The van der Waals surface area contributed by atoms with Gasteiger partial charge in [-0.05, 0) is 26.7 Å². The van der Waals surface area contributed by atoms with Crippen molar-refractivity contribution in [3.8, 4) is 11.5 Å². The van der Waals surface area contributed by atoms with E-state index < -0.39 is 5.75 Å². The van der Waals surface area contributed by atoms with Crippen LogP contribution >= 0.6 is 11.6 Å². The van der Waals surface area contributed by atoms with E-state index in [-0.39, 0.29) is 33.0 Å². The molecule has 2 rings (SSSR count). The van der Waals surface area contributed by atoms with Crippen LogP contribution in [0.1, 0.15) is 46.1 Å². The largest absolute Gasteiger partial charge is 0.504 e. The van der Waals surface area contributed by atoms with Crippen molar-refractivity contribution in [3.63, 3.8) is 0 Å². The molecule has 0 bridgehead atoms. The number of rotatable bonds is 1. The van der Waals surface area contributed by atoms with Crippen molar-refractivity contribution < 1.29 is 10.2 Å². The summed E-state index contributed by atoms with van der Waals surface area (Å²) in [6.45, 7) is 9.87. The highest BCUT2D eigenvalue weighted by Gasteiger charge is 2.23. The number of pyridine rings is 1. The SMILES string of the molecule is CC(C)c1cn(C(C)(C)C)c2cc(O)c(O)c(Cl)c2c1=O. The summed E-state index contributed by atoms with van der Waals surface area (Å²) in [5.74, 6) is -0.757. The van der Waals surface area contributed by atoms with Gasteiger partial charge in [0.25, 0.3) is 0 Å². The number of phenolic OH excluding ortho intramolecular Hbond substituents is 2. The van der Waals surface area contributed by atoms with Gasteiger partial charge in [-0.25, -0.2) is 0 Å². The lowest BCUT2D eigenvalue weighted by Gasteiger charge is -2.27. The van der Waals surface area contributed by atoms with Crippen molar-refractivity contribution in [3.05, 3.63) is 33.1 Å². The molecule has 0 fully saturated rings. The first-order chi connectivity index (χ1) is 9.55. The van der Waals surface area contributed by atoms with Crippen LogP contribution in [0.4, 0.5) is 0 Å². The molecule has 0 amide bonds. The van der Waals surface area contributed by atoms with Crippen LogP contribution in [0, 0.1) is 0 Å². The molecular weight excluding hydrogens is 290 g/mol. The number of aromatic hydroxyl groups is 2. The predicted molar refractivity (Wildman–Crippen MR) is 85.6 cm³/mol. The van der Waals surface area contributed by atoms with Crippen LogP contribution in [0.3, 0.4) is 0 Å². The van der Waals surface area contributed by atoms with Gasteiger partial charge < -0.3 is 14.8 Å². The van der Waals surface area contributed by atoms with Crippen molar-refractivity contribution in [2.45, 2.75) is 46.1 Å². The van der Waals surface area contributed by atoms with E-state index in [1.807, 2.05) is 45.4 Å². The topological polar surface area (TPSA) is 62.5 Å². The average Bonchev–Trinajstić information content (AvgIpc) is 2.34. The Morgan fingerprint density at radius 2 is 1.81 bits per heavy atom. The van der Waals surface area contributed by atoms with E-state index in [0.717, 1.165) is 0 Å². The Labute approximate surface area is 128 Å². The highest BCUT2D eigenvalue weighted by Crippen LogP contribution is 2.39. The number of hydrogen-bond acceptors (Lipinski definition) is 3. The molecule has 5 heteroatoms. The van der Waals surface area contributed by atoms with Gasteiger partial charge in [-0.3, -0.25) is 4.79 Å². The van der Waals surface area contributed by atoms with Crippen LogP contribution in [0.25, 0.3) is 10.9 Å². The maximum absolute atomic E-state index is 12.6. The second kappa shape index (κ2) is 4.95. The zero-order valence-corrected chi connectivity index (χ0v) is 13.6. The lowest BCUT2D eigenvalue weighted by atomic mass is 9.99. The van der Waals surface area contributed by atoms with E-state index >= 15 is 0 Å². The number of benzene rings is 1. The number of nitrogens with zero attached hydrogens (tertiary/aromatic N) is 1. The lowest BCUT2D eigenvalue weighted by molar-refractivity contribution is 0.397. The molecule has 0 saturated carbocycles. The molecule has 0 aliphatic carbocycles. The van der Waals surface area contributed by atoms with Crippen LogP contribution in [-0.4, -0.2) is 14.8 Å². The molecule has 2 N–H and O–H groups in total. The number of aromatic nitrogens is 1. The third kappa shape index (κ3) is 2.48. The minimum Gasteiger partial charge on any atom is -0.504 e. The summed E-state index contributed by atoms with van der Waals surface area (Å²) in [5, 5.41) is 19.8. The average molecular weight is 310 g/mol. The van der Waals surface area contributed by atoms with Gasteiger partial charge in [-0.15, -0.1) is 0 Å². The second-order valence-corrected chi connectivity index (χ2v) is 6.94. The number of phenols is 2. The van der Waals surface area contributed by atoms with Crippen LogP contribution in [0.5, 0.6) is 11.5 Å². The molecular formula is C16H20ClNO3. The normalized spacial score (nSPS) is 12.3. The Morgan fingerprint density at radius 1 is 1.24 bits per heavy atom. The summed E-state index contributed by atoms with van der Waals surface area (Å²) < 4.78 is 1.91. The van der Waals surface area contributed by atoms with Crippen LogP contribution < -0.4 is 5.43 Å². The first kappa shape index (κ1) is 15.7. The van der Waals surface area contributed by atoms with Gasteiger partial charge in [0.1, 0.15) is 0 Å². The zero-order valence-electron chi connectivity index (χ0n) is 12.9. The first-order valence-corrected chi connectivity index (χ1v) is 7.23. The lowest BCUT2D eigenvalue weighted by Crippen LogP contribution is -2.26. The van der Waals surface area contributed by atoms with E-state index in [1.165, 1.54) is 6.07 Å². The minimum absolute atomic E-state index is 0.0301. The highest BCUT2D eigenvalue weighted by atomic mass is 35.5. The summed E-state index contributed by atoms with van der Waals surface area (Å²) in [7, 11) is 0. The van der Waals surface area contributed by atoms with Crippen LogP contribution in [0.2, 0.25) is 5.02 Å². The van der Waals surface area contributed by atoms with E-state index in [4.69, 9.17) is 11.6 Å². The molecule has 0 aliphatic heterocycles. The van der Waals surface area contributed by atoms with Gasteiger partial charge in [0.15, 0.2) is 16.9 Å². The maximum Gasteiger partial charge on any atom is 0.194 e. The van der Waals surface area contributed by atoms with Crippen molar-refractivity contribution in [2.24, 2.45) is 0 Å². The Bertz CT molecular complexity index is 770. The molecule has 21 heavy (non-hydrogen) atoms. The van der Waals surface area contributed by atoms with E-state index in [2.05, 4.69) is 0 Å². The molecule has 4 nitrogen and oxygen atoms in total. The van der Waals surface area contributed by atoms with Gasteiger partial charge in [0.05, 0.1) is 15.9 Å². The monoisotopic (exact) mass is 309 g/mol. The van der Waals surface area contributed by atoms with Crippen LogP contribution in [0.15, 0.2) is 17.1 Å². The molecule has 0 radical (unpaired) electrons. The standard InChI is InChI=1S/C16H20ClNO3/c1-8(2)9-7-18(16(3,4)5)10-6-11(19)15(21)13(17)12(10)14(9)20/h6-8,19,21H,1-5H3. The molecule has 0 spiro atoms. The third-order valence-electron chi connectivity index (χ3n) is 3.56. The number of fused-ring (bicyclic) bond motifs is 1. The van der Waals surface area contributed by atoms with Gasteiger partial charge in [-0.2, -0.15) is 0 Å². The van der Waals surface area contributed by atoms with Gasteiger partial charge in [-0.1, -0.05) is 25.4 Å².